The number of amides is 2. The van der Waals surface area contributed by atoms with Crippen LogP contribution in [0.15, 0.2) is 61.2 Å². The summed E-state index contributed by atoms with van der Waals surface area (Å²) >= 11 is 0. The second kappa shape index (κ2) is 10.5. The Labute approximate surface area is 198 Å². The Kier molecular flexibility index (Phi) is 7.27. The van der Waals surface area contributed by atoms with Gasteiger partial charge in [0.05, 0.1) is 6.10 Å². The number of hydrogen-bond donors (Lipinski definition) is 2. The fourth-order valence-electron chi connectivity index (χ4n) is 4.46. The Morgan fingerprint density at radius 2 is 1.71 bits per heavy atom. The molecule has 1 atom stereocenters. The molecule has 0 aromatic heterocycles. The molecule has 4 rings (SSSR count). The lowest BCUT2D eigenvalue weighted by atomic mass is 9.98. The summed E-state index contributed by atoms with van der Waals surface area (Å²) in [6.07, 6.45) is 1.67. The number of carbonyl (C=O) groups excluding carboxylic acids is 2. The number of nitrogens with one attached hydrogen (secondary N) is 1. The molecule has 0 spiro atoms. The van der Waals surface area contributed by atoms with Crippen LogP contribution in [0.5, 0.6) is 0 Å². The third-order valence-electron chi connectivity index (χ3n) is 6.20. The van der Waals surface area contributed by atoms with E-state index in [9.17, 15) is 14.4 Å². The lowest BCUT2D eigenvalue weighted by molar-refractivity contribution is -0.155. The maximum atomic E-state index is 12.9. The second-order valence-corrected chi connectivity index (χ2v) is 8.46. The van der Waals surface area contributed by atoms with E-state index in [2.05, 4.69) is 24.0 Å². The number of alkyl carbamates (subject to hydrolysis) is 1. The molecule has 2 N–H and O–H groups in total. The molecule has 2 amide bonds. The summed E-state index contributed by atoms with van der Waals surface area (Å²) in [6, 6.07) is 15.4. The van der Waals surface area contributed by atoms with Gasteiger partial charge >= 0.3 is 12.1 Å². The summed E-state index contributed by atoms with van der Waals surface area (Å²) in [5.41, 5.74) is 4.51. The highest BCUT2D eigenvalue weighted by atomic mass is 16.5. The van der Waals surface area contributed by atoms with Gasteiger partial charge in [-0.3, -0.25) is 4.79 Å². The zero-order chi connectivity index (χ0) is 24.1. The maximum absolute atomic E-state index is 12.9. The monoisotopic (exact) mass is 464 g/mol. The second-order valence-electron chi connectivity index (χ2n) is 8.46. The summed E-state index contributed by atoms with van der Waals surface area (Å²) in [7, 11) is 0. The fourth-order valence-corrected chi connectivity index (χ4v) is 4.46. The summed E-state index contributed by atoms with van der Waals surface area (Å²) in [5, 5.41) is 11.4. The smallest absolute Gasteiger partial charge is 0.407 e. The van der Waals surface area contributed by atoms with E-state index in [-0.39, 0.29) is 24.5 Å². The van der Waals surface area contributed by atoms with Crippen molar-refractivity contribution in [3.05, 3.63) is 72.3 Å². The molecule has 1 saturated heterocycles. The fraction of sp³-hybridized carbons (Fsp3) is 0.346. The average Bonchev–Trinajstić information content (AvgIpc) is 3.12. The van der Waals surface area contributed by atoms with Gasteiger partial charge < -0.3 is 24.8 Å². The van der Waals surface area contributed by atoms with Crippen LogP contribution >= 0.6 is 0 Å². The lowest BCUT2D eigenvalue weighted by Crippen LogP contribution is -2.60. The Balaban J connectivity index is 1.34. The highest BCUT2D eigenvalue weighted by molar-refractivity contribution is 5.86. The molecule has 2 aromatic carbocycles. The van der Waals surface area contributed by atoms with E-state index >= 15 is 0 Å². The molecule has 178 valence electrons. The van der Waals surface area contributed by atoms with Crippen LogP contribution < -0.4 is 5.32 Å². The van der Waals surface area contributed by atoms with E-state index in [0.717, 1.165) is 22.3 Å². The first-order valence-corrected chi connectivity index (χ1v) is 11.3. The van der Waals surface area contributed by atoms with E-state index in [0.29, 0.717) is 25.9 Å². The number of allylic oxidation sites excluding steroid dienone is 1. The van der Waals surface area contributed by atoms with Crippen LogP contribution in [0.3, 0.4) is 0 Å². The number of likely N-dealkylation sites (tertiary alicyclic amines) is 1. The van der Waals surface area contributed by atoms with Crippen LogP contribution in [0.1, 0.15) is 29.9 Å². The molecule has 34 heavy (non-hydrogen) atoms. The van der Waals surface area contributed by atoms with Crippen molar-refractivity contribution in [3.8, 4) is 11.1 Å². The van der Waals surface area contributed by atoms with Gasteiger partial charge in [-0.25, -0.2) is 9.59 Å². The highest BCUT2D eigenvalue weighted by Crippen LogP contribution is 2.44. The van der Waals surface area contributed by atoms with Crippen molar-refractivity contribution < 1.29 is 29.0 Å². The molecule has 1 aliphatic heterocycles. The number of hydrogen-bond acceptors (Lipinski definition) is 5. The number of carboxylic acids is 1. The number of carbonyl (C=O) groups is 3. The molecule has 1 aliphatic carbocycles. The van der Waals surface area contributed by atoms with Gasteiger partial charge in [-0.2, -0.15) is 0 Å². The van der Waals surface area contributed by atoms with E-state index in [4.69, 9.17) is 14.6 Å². The zero-order valence-corrected chi connectivity index (χ0v) is 18.8. The third kappa shape index (κ3) is 5.12. The Hall–Kier alpha value is -3.65. The number of benzene rings is 2. The quantitative estimate of drug-likeness (QED) is 0.524. The molecule has 1 unspecified atom stereocenters. The van der Waals surface area contributed by atoms with E-state index < -0.39 is 24.7 Å². The van der Waals surface area contributed by atoms with Crippen LogP contribution in [-0.4, -0.2) is 66.4 Å². The van der Waals surface area contributed by atoms with Crippen molar-refractivity contribution in [1.29, 1.82) is 0 Å². The molecule has 0 saturated carbocycles. The molecule has 8 nitrogen and oxygen atoms in total. The Bertz CT molecular complexity index is 1030. The zero-order valence-electron chi connectivity index (χ0n) is 18.8. The molecular weight excluding hydrogens is 436 g/mol. The molecule has 8 heteroatoms. The standard InChI is InChI=1S/C26H28N2O6/c1-2-3-12-23(25(31)28-13-17(14-28)33-16-24(29)30)27-26(32)34-15-22-20-10-6-4-8-18(20)19-9-5-7-11-21(19)22/h2,4-11,17,22-23H,1,3,12-16H2,(H,27,32)(H,29,30). The lowest BCUT2D eigenvalue weighted by Gasteiger charge is -2.40. The summed E-state index contributed by atoms with van der Waals surface area (Å²) in [6.45, 7) is 4.04. The number of ether oxygens (including phenoxy) is 2. The molecule has 1 heterocycles. The molecule has 2 aromatic rings. The molecule has 2 aliphatic rings. The van der Waals surface area contributed by atoms with Crippen molar-refractivity contribution in [2.24, 2.45) is 0 Å². The topological polar surface area (TPSA) is 105 Å². The normalized spacial score (nSPS) is 15.6. The van der Waals surface area contributed by atoms with Gasteiger partial charge in [-0.1, -0.05) is 54.6 Å². The molecule has 0 bridgehead atoms. The van der Waals surface area contributed by atoms with Crippen molar-refractivity contribution >= 4 is 18.0 Å². The van der Waals surface area contributed by atoms with Gasteiger partial charge in [0, 0.05) is 19.0 Å². The van der Waals surface area contributed by atoms with Gasteiger partial charge in [0.15, 0.2) is 0 Å². The predicted molar refractivity (Wildman–Crippen MR) is 125 cm³/mol. The van der Waals surface area contributed by atoms with Crippen LogP contribution in [0.2, 0.25) is 0 Å². The SMILES string of the molecule is C=CCCC(NC(=O)OCC1c2ccccc2-c2ccccc21)C(=O)N1CC(OCC(=O)O)C1. The van der Waals surface area contributed by atoms with Gasteiger partial charge in [0.1, 0.15) is 19.3 Å². The van der Waals surface area contributed by atoms with E-state index in [1.807, 2.05) is 36.4 Å². The number of nitrogens with zero attached hydrogens (tertiary/aromatic N) is 1. The minimum atomic E-state index is -1.05. The van der Waals surface area contributed by atoms with Crippen molar-refractivity contribution in [2.75, 3.05) is 26.3 Å². The largest absolute Gasteiger partial charge is 0.480 e. The summed E-state index contributed by atoms with van der Waals surface area (Å²) < 4.78 is 10.8. The Morgan fingerprint density at radius 1 is 1.09 bits per heavy atom. The molecule has 0 radical (unpaired) electrons. The molecule has 1 fully saturated rings. The van der Waals surface area contributed by atoms with Crippen molar-refractivity contribution in [1.82, 2.24) is 10.2 Å². The average molecular weight is 465 g/mol. The van der Waals surface area contributed by atoms with Crippen LogP contribution in [-0.2, 0) is 19.1 Å². The van der Waals surface area contributed by atoms with Crippen molar-refractivity contribution in [2.45, 2.75) is 30.9 Å². The maximum Gasteiger partial charge on any atom is 0.407 e. The highest BCUT2D eigenvalue weighted by Gasteiger charge is 2.36. The first-order chi connectivity index (χ1) is 16.5. The number of aliphatic carboxylic acids is 1. The van der Waals surface area contributed by atoms with E-state index in [1.54, 1.807) is 11.0 Å². The number of carboxylic acid groups (broad SMARTS) is 1. The summed E-state index contributed by atoms with van der Waals surface area (Å²) in [5.74, 6) is -1.36. The van der Waals surface area contributed by atoms with Gasteiger partial charge in [-0.05, 0) is 35.1 Å². The minimum Gasteiger partial charge on any atom is -0.480 e. The van der Waals surface area contributed by atoms with Gasteiger partial charge in [-0.15, -0.1) is 6.58 Å². The first kappa shape index (κ1) is 23.5. The van der Waals surface area contributed by atoms with E-state index in [1.165, 1.54) is 0 Å². The number of fused-ring (bicyclic) bond motifs is 3. The van der Waals surface area contributed by atoms with Crippen LogP contribution in [0.4, 0.5) is 4.79 Å². The van der Waals surface area contributed by atoms with Crippen LogP contribution in [0, 0.1) is 0 Å². The summed E-state index contributed by atoms with van der Waals surface area (Å²) in [4.78, 5) is 37.7. The third-order valence-corrected chi connectivity index (χ3v) is 6.20. The van der Waals surface area contributed by atoms with Crippen molar-refractivity contribution in [3.63, 3.8) is 0 Å². The van der Waals surface area contributed by atoms with Gasteiger partial charge in [0.25, 0.3) is 0 Å². The first-order valence-electron chi connectivity index (χ1n) is 11.3. The van der Waals surface area contributed by atoms with Crippen LogP contribution in [0.25, 0.3) is 11.1 Å². The molecular formula is C26H28N2O6. The number of rotatable bonds is 10. The Morgan fingerprint density at radius 3 is 2.29 bits per heavy atom. The van der Waals surface area contributed by atoms with Gasteiger partial charge in [0.2, 0.25) is 5.91 Å². The minimum absolute atomic E-state index is 0.0667. The predicted octanol–water partition coefficient (Wildman–Crippen LogP) is 3.17.